The largest absolute Gasteiger partial charge is 0.509 e. The van der Waals surface area contributed by atoms with Crippen molar-refractivity contribution in [2.75, 3.05) is 144 Å². The van der Waals surface area contributed by atoms with Crippen molar-refractivity contribution in [3.63, 3.8) is 0 Å². The van der Waals surface area contributed by atoms with E-state index in [9.17, 15) is 79.5 Å². The number of amides is 7. The van der Waals surface area contributed by atoms with Crippen LogP contribution in [0.4, 0.5) is 0 Å². The molecule has 0 saturated heterocycles. The lowest BCUT2D eigenvalue weighted by atomic mass is 9.90. The van der Waals surface area contributed by atoms with E-state index in [1.54, 1.807) is 4.90 Å². The number of nitrogens with one attached hydrogen (secondary N) is 8. The van der Waals surface area contributed by atoms with Crippen molar-refractivity contribution in [2.45, 2.75) is 50.9 Å². The van der Waals surface area contributed by atoms with E-state index >= 15 is 0 Å². The first kappa shape index (κ1) is 65.6. The Morgan fingerprint density at radius 1 is 0.524 bits per heavy atom. The van der Waals surface area contributed by atoms with E-state index in [2.05, 4.69) is 42.5 Å². The summed E-state index contributed by atoms with van der Waals surface area (Å²) < 4.78 is 10.6. The predicted octanol–water partition coefficient (Wildman–Crippen LogP) is -3.75. The molecule has 84 heavy (non-hydrogen) atoms. The number of carbonyl (C=O) groups is 7. The third-order valence-corrected chi connectivity index (χ3v) is 14.9. The molecule has 10 aliphatic heterocycles. The molecule has 5 unspecified atom stereocenters. The van der Waals surface area contributed by atoms with Crippen molar-refractivity contribution >= 4 is 41.4 Å². The molecule has 0 fully saturated rings. The molecule has 0 aromatic carbocycles. The second-order valence-electron chi connectivity index (χ2n) is 20.4. The average molecular weight is 1190 g/mol. The summed E-state index contributed by atoms with van der Waals surface area (Å²) in [6.45, 7) is 2.53. The number of rotatable bonds is 13. The molecule has 0 spiro atoms. The van der Waals surface area contributed by atoms with E-state index in [1.165, 1.54) is 12.2 Å². The lowest BCUT2D eigenvalue weighted by Gasteiger charge is -2.29. The van der Waals surface area contributed by atoms with Gasteiger partial charge in [0.15, 0.2) is 34.6 Å². The fourth-order valence-electron chi connectivity index (χ4n) is 9.98. The van der Waals surface area contributed by atoms with Gasteiger partial charge in [-0.25, -0.2) is 0 Å². The first-order valence-electron chi connectivity index (χ1n) is 28.1. The second-order valence-corrected chi connectivity index (χ2v) is 20.4. The third-order valence-electron chi connectivity index (χ3n) is 14.9. The fraction of sp³-hybridized carbons (Fsp3) is 0.574. The van der Waals surface area contributed by atoms with E-state index in [1.807, 2.05) is 9.80 Å². The quantitative estimate of drug-likeness (QED) is 0.0788. The maximum Gasteiger partial charge on any atom is 0.251 e. The van der Waals surface area contributed by atoms with Crippen LogP contribution in [0.3, 0.4) is 0 Å². The summed E-state index contributed by atoms with van der Waals surface area (Å²) in [6.07, 6.45) is -1.24. The molecule has 19 N–H and O–H groups in total. The van der Waals surface area contributed by atoms with Gasteiger partial charge in [-0.3, -0.25) is 53.6 Å². The van der Waals surface area contributed by atoms with Crippen LogP contribution in [0.15, 0.2) is 91.5 Å². The maximum absolute atomic E-state index is 13.6. The van der Waals surface area contributed by atoms with Gasteiger partial charge >= 0.3 is 0 Å². The first-order chi connectivity index (χ1) is 40.3. The number of nitrogens with zero attached hydrogens (tertiary/aromatic N) is 3. The Morgan fingerprint density at radius 2 is 0.952 bits per heavy atom. The molecule has 30 heteroatoms. The Bertz CT molecular complexity index is 2720. The van der Waals surface area contributed by atoms with Gasteiger partial charge in [0, 0.05) is 123 Å². The van der Waals surface area contributed by atoms with Gasteiger partial charge in [0.1, 0.15) is 18.1 Å². The molecular weight excluding hydrogens is 1100 g/mol. The van der Waals surface area contributed by atoms with Crippen LogP contribution in [-0.4, -0.2) is 259 Å². The van der Waals surface area contributed by atoms with Gasteiger partial charge in [-0.1, -0.05) is 12.2 Å². The smallest absolute Gasteiger partial charge is 0.251 e. The number of hydrogen-bond acceptors (Lipinski definition) is 23. The summed E-state index contributed by atoms with van der Waals surface area (Å²) in [4.78, 5) is 99.4. The summed E-state index contributed by atoms with van der Waals surface area (Å²) in [5.41, 5.74) is 4.29. The molecule has 0 aromatic heterocycles. The Morgan fingerprint density at radius 3 is 1.44 bits per heavy atom. The molecule has 0 saturated carbocycles. The molecule has 5 atom stereocenters. The van der Waals surface area contributed by atoms with E-state index in [0.717, 1.165) is 0 Å². The molecule has 14 rings (SSSR count). The lowest BCUT2D eigenvalue weighted by molar-refractivity contribution is -0.126. The minimum atomic E-state index is -1.74. The minimum Gasteiger partial charge on any atom is -0.509 e. The lowest BCUT2D eigenvalue weighted by Crippen LogP contribution is -2.47. The number of ether oxygens (including phenoxy) is 2. The van der Waals surface area contributed by atoms with Gasteiger partial charge in [-0.15, -0.1) is 0 Å². The number of carbonyl (C=O) groups excluding carboxylic acids is 7. The van der Waals surface area contributed by atoms with Gasteiger partial charge < -0.3 is 98.4 Å². The van der Waals surface area contributed by atoms with Crippen LogP contribution in [0.25, 0.3) is 0 Å². The van der Waals surface area contributed by atoms with Crippen molar-refractivity contribution in [1.29, 1.82) is 0 Å². The van der Waals surface area contributed by atoms with Gasteiger partial charge in [0.2, 0.25) is 5.91 Å². The van der Waals surface area contributed by atoms with Crippen molar-refractivity contribution in [1.82, 2.24) is 57.2 Å². The van der Waals surface area contributed by atoms with E-state index < -0.39 is 99.9 Å². The van der Waals surface area contributed by atoms with Crippen LogP contribution >= 0.6 is 0 Å². The third kappa shape index (κ3) is 18.0. The molecule has 10 heterocycles. The van der Waals surface area contributed by atoms with Gasteiger partial charge in [-0.05, 0) is 38.5 Å². The topological polar surface area (TPSA) is 452 Å². The molecule has 30 nitrogen and oxygen atoms in total. The van der Waals surface area contributed by atoms with E-state index in [-0.39, 0.29) is 202 Å². The van der Waals surface area contributed by atoms with Crippen LogP contribution in [-0.2, 0) is 43.0 Å². The van der Waals surface area contributed by atoms with Crippen LogP contribution in [0.5, 0.6) is 0 Å². The Kier molecular flexibility index (Phi) is 25.4. The summed E-state index contributed by atoms with van der Waals surface area (Å²) in [5.74, 6) is -11.5. The molecule has 0 radical (unpaired) electrons. The summed E-state index contributed by atoms with van der Waals surface area (Å²) in [5, 5.41) is 121. The zero-order chi connectivity index (χ0) is 60.9. The van der Waals surface area contributed by atoms with Crippen molar-refractivity contribution in [3.8, 4) is 0 Å². The van der Waals surface area contributed by atoms with Crippen molar-refractivity contribution < 1.29 is 89.0 Å². The molecule has 4 aliphatic carbocycles. The number of aliphatic hydroxyl groups excluding tert-OH is 9. The van der Waals surface area contributed by atoms with Crippen LogP contribution in [0.2, 0.25) is 0 Å². The number of nitrogens with two attached hydrogens (primary N) is 1. The summed E-state index contributed by atoms with van der Waals surface area (Å²) in [7, 11) is 0. The highest BCUT2D eigenvalue weighted by Gasteiger charge is 2.35. The van der Waals surface area contributed by atoms with Gasteiger partial charge in [0.05, 0.1) is 65.8 Å². The summed E-state index contributed by atoms with van der Waals surface area (Å²) >= 11 is 0. The molecule has 0 aromatic rings. The summed E-state index contributed by atoms with van der Waals surface area (Å²) in [6, 6.07) is 0. The molecular formula is C54H80N12O18. The predicted molar refractivity (Wildman–Crippen MR) is 299 cm³/mol. The zero-order valence-corrected chi connectivity index (χ0v) is 46.8. The highest BCUT2D eigenvalue weighted by atomic mass is 16.5. The Balaban J connectivity index is 1.25. The van der Waals surface area contributed by atoms with Crippen molar-refractivity contribution in [2.24, 2.45) is 11.7 Å². The Labute approximate surface area is 484 Å². The van der Waals surface area contributed by atoms with Crippen LogP contribution in [0, 0.1) is 5.92 Å². The van der Waals surface area contributed by atoms with Crippen molar-refractivity contribution in [3.05, 3.63) is 91.5 Å². The van der Waals surface area contributed by atoms with Gasteiger partial charge in [-0.2, -0.15) is 0 Å². The monoisotopic (exact) mass is 1180 g/mol. The molecule has 7 amide bonds. The standard InChI is InChI=1S/C54H80N12O18/c55-9-27-83-29-30-84-28-17-63-54(82)38-8-7-37(45(73)46(38)74)53(81)62-16-24-66-23-15-61-52(80)36-6-3-33(41(69)44(36)72)49(77)58-12-20-64-18-10-56-47(75)31-1-4-34(42(70)39(31)67)50(78)59-13-21-65(25-26-66)22-14-60-51(79)35-5-2-32(40(68)43(35)71)48(76)57-11-19-64/h1,4,34,42,47,56,67-75H,2-3,5-30,55H2,(H,57,76)(H,58,77)(H,59,78)(H,60,79)(H,61,80)(H,62,81)(H,63,82). The van der Waals surface area contributed by atoms with Gasteiger partial charge in [0.25, 0.3) is 35.4 Å². The molecule has 14 aliphatic rings. The number of hydrogen-bond donors (Lipinski definition) is 18. The zero-order valence-electron chi connectivity index (χ0n) is 46.8. The molecule has 464 valence electrons. The normalized spacial score (nSPS) is 25.0. The number of aliphatic hydroxyl groups is 9. The van der Waals surface area contributed by atoms with Crippen LogP contribution < -0.4 is 48.3 Å². The highest BCUT2D eigenvalue weighted by molar-refractivity contribution is 6.01. The highest BCUT2D eigenvalue weighted by Crippen LogP contribution is 2.31. The fourth-order valence-corrected chi connectivity index (χ4v) is 9.98. The SMILES string of the molecule is NCCOCCOCCNC(=O)C1=C(O)C(O)=C(C(=O)NCCN2CCNC(=O)C3=C(O)C(O)=C(CC3)C(=O)NCCN3CCNC(=O)C4=C(O)C(O)=C(CC4)C(=O)NCCN(CCNC(=O)C4C=CC(=C(O)C4O)C(O)NCC3)CC2)CC1. The van der Waals surface area contributed by atoms with E-state index in [4.69, 9.17) is 15.2 Å². The maximum atomic E-state index is 13.6. The molecule has 8 bridgehead atoms. The first-order valence-corrected chi connectivity index (χ1v) is 28.1. The minimum absolute atomic E-state index is 0.0283. The second kappa shape index (κ2) is 32.5. The Hall–Kier alpha value is -7.55. The average Bonchev–Trinajstić information content (AvgIpc) is 3.67. The van der Waals surface area contributed by atoms with Crippen LogP contribution in [0.1, 0.15) is 38.5 Å². The van der Waals surface area contributed by atoms with E-state index in [0.29, 0.717) is 19.8 Å².